The number of carbonyl (C=O) groups is 2. The maximum Gasteiger partial charge on any atom is 0.341 e. The molecule has 0 spiro atoms. The van der Waals surface area contributed by atoms with Gasteiger partial charge in [-0.05, 0) is 55.2 Å². The number of aliphatic carboxylic acids is 1. The summed E-state index contributed by atoms with van der Waals surface area (Å²) in [6.45, 7) is 1.20. The molecule has 0 heterocycles. The van der Waals surface area contributed by atoms with Gasteiger partial charge in [-0.1, -0.05) is 35.9 Å². The number of ether oxygens (including phenoxy) is 1. The van der Waals surface area contributed by atoms with Crippen molar-refractivity contribution >= 4 is 23.5 Å². The molecule has 0 radical (unpaired) electrons. The number of hydrogen-bond acceptors (Lipinski definition) is 7. The zero-order valence-electron chi connectivity index (χ0n) is 18.6. The Morgan fingerprint density at radius 1 is 1.21 bits per heavy atom. The molecule has 2 atom stereocenters. The van der Waals surface area contributed by atoms with Gasteiger partial charge in [-0.3, -0.25) is 4.79 Å². The van der Waals surface area contributed by atoms with Crippen LogP contribution in [0.2, 0.25) is 5.02 Å². The molecule has 0 aliphatic carbocycles. The second-order valence-corrected chi connectivity index (χ2v) is 8.09. The summed E-state index contributed by atoms with van der Waals surface area (Å²) in [4.78, 5) is 39.7. The van der Waals surface area contributed by atoms with E-state index in [1.54, 1.807) is 48.5 Å². The van der Waals surface area contributed by atoms with Gasteiger partial charge in [0, 0.05) is 17.5 Å². The van der Waals surface area contributed by atoms with E-state index >= 15 is 0 Å². The normalized spacial score (nSPS) is 12.4. The van der Waals surface area contributed by atoms with Crippen LogP contribution < -0.4 is 4.74 Å². The van der Waals surface area contributed by atoms with Crippen LogP contribution in [0.4, 0.5) is 0 Å². The largest absolute Gasteiger partial charge is 0.482 e. The summed E-state index contributed by atoms with van der Waals surface area (Å²) in [6.07, 6.45) is -0.348. The van der Waals surface area contributed by atoms with Crippen LogP contribution in [0.3, 0.4) is 0 Å². The summed E-state index contributed by atoms with van der Waals surface area (Å²) in [6, 6.07) is 13.2. The zero-order chi connectivity index (χ0) is 25.1. The highest BCUT2D eigenvalue weighted by molar-refractivity contribution is 6.30. The number of benzene rings is 2. The molecule has 0 aliphatic rings. The van der Waals surface area contributed by atoms with Crippen molar-refractivity contribution in [1.29, 1.82) is 0 Å². The van der Waals surface area contributed by atoms with Crippen molar-refractivity contribution < 1.29 is 34.5 Å². The second-order valence-electron chi connectivity index (χ2n) is 7.66. The Morgan fingerprint density at radius 2 is 1.91 bits per heavy atom. The quantitative estimate of drug-likeness (QED) is 0.231. The first-order valence-corrected chi connectivity index (χ1v) is 11.0. The molecule has 2 N–H and O–H groups in total. The van der Waals surface area contributed by atoms with E-state index in [-0.39, 0.29) is 37.9 Å². The SMILES string of the molecule is C[C@H](Cc1ccc(OCC(=O)O)cc1)N(C[C@H](O)c1cccc(Cl)c1)C(=O)CCCO[N+](=O)[O-]. The molecule has 2 aromatic rings. The summed E-state index contributed by atoms with van der Waals surface area (Å²) in [7, 11) is 0. The number of halogens is 1. The van der Waals surface area contributed by atoms with Crippen LogP contribution in [0.5, 0.6) is 5.75 Å². The molecule has 1 amide bonds. The van der Waals surface area contributed by atoms with Crippen LogP contribution in [0.15, 0.2) is 48.5 Å². The topological polar surface area (TPSA) is 139 Å². The van der Waals surface area contributed by atoms with Gasteiger partial charge in [0.1, 0.15) is 5.75 Å². The molecule has 34 heavy (non-hydrogen) atoms. The van der Waals surface area contributed by atoms with Gasteiger partial charge >= 0.3 is 5.97 Å². The molecule has 184 valence electrons. The highest BCUT2D eigenvalue weighted by Gasteiger charge is 2.24. The fraction of sp³-hybridized carbons (Fsp3) is 0.391. The molecule has 10 nitrogen and oxygen atoms in total. The molecular formula is C23H27ClN2O8. The molecule has 0 saturated carbocycles. The Balaban J connectivity index is 2.09. The Bertz CT molecular complexity index is 970. The van der Waals surface area contributed by atoms with Crippen molar-refractivity contribution in [3.8, 4) is 5.75 Å². The number of rotatable bonds is 14. The monoisotopic (exact) mass is 494 g/mol. The third-order valence-electron chi connectivity index (χ3n) is 5.00. The van der Waals surface area contributed by atoms with Crippen molar-refractivity contribution in [2.45, 2.75) is 38.3 Å². The van der Waals surface area contributed by atoms with E-state index in [2.05, 4.69) is 4.84 Å². The molecule has 11 heteroatoms. The van der Waals surface area contributed by atoms with E-state index in [4.69, 9.17) is 21.4 Å². The molecule has 0 fully saturated rings. The predicted molar refractivity (Wildman–Crippen MR) is 123 cm³/mol. The molecule has 0 saturated heterocycles. The van der Waals surface area contributed by atoms with Crippen LogP contribution in [-0.4, -0.2) is 57.9 Å². The van der Waals surface area contributed by atoms with Gasteiger partial charge in [0.05, 0.1) is 19.3 Å². The smallest absolute Gasteiger partial charge is 0.341 e. The van der Waals surface area contributed by atoms with Crippen LogP contribution in [0, 0.1) is 10.1 Å². The van der Waals surface area contributed by atoms with E-state index < -0.39 is 23.8 Å². The molecule has 2 aromatic carbocycles. The van der Waals surface area contributed by atoms with E-state index in [0.29, 0.717) is 22.8 Å². The lowest BCUT2D eigenvalue weighted by molar-refractivity contribution is -0.757. The third kappa shape index (κ3) is 9.24. The lowest BCUT2D eigenvalue weighted by Gasteiger charge is -2.32. The Labute approximate surface area is 201 Å². The number of aliphatic hydroxyl groups excluding tert-OH is 1. The number of carboxylic acids is 1. The summed E-state index contributed by atoms with van der Waals surface area (Å²) >= 11 is 6.02. The lowest BCUT2D eigenvalue weighted by Crippen LogP contribution is -2.42. The van der Waals surface area contributed by atoms with E-state index in [1.165, 1.54) is 4.90 Å². The maximum absolute atomic E-state index is 12.9. The van der Waals surface area contributed by atoms with Gasteiger partial charge < -0.3 is 24.7 Å². The first kappa shape index (κ1) is 26.9. The van der Waals surface area contributed by atoms with Gasteiger partial charge in [-0.15, -0.1) is 10.1 Å². The van der Waals surface area contributed by atoms with Gasteiger partial charge in [-0.25, -0.2) is 4.79 Å². The predicted octanol–water partition coefficient (Wildman–Crippen LogP) is 3.29. The van der Waals surface area contributed by atoms with E-state index in [1.807, 2.05) is 6.92 Å². The molecular weight excluding hydrogens is 468 g/mol. The number of carbonyl (C=O) groups excluding carboxylic acids is 1. The summed E-state index contributed by atoms with van der Waals surface area (Å²) in [5.41, 5.74) is 1.44. The summed E-state index contributed by atoms with van der Waals surface area (Å²) in [5.74, 6) is -0.940. The highest BCUT2D eigenvalue weighted by Crippen LogP contribution is 2.22. The van der Waals surface area contributed by atoms with Crippen LogP contribution in [0.25, 0.3) is 0 Å². The summed E-state index contributed by atoms with van der Waals surface area (Å²) in [5, 5.41) is 29.3. The lowest BCUT2D eigenvalue weighted by atomic mass is 10.0. The van der Waals surface area contributed by atoms with Gasteiger partial charge in [0.25, 0.3) is 5.09 Å². The van der Waals surface area contributed by atoms with Gasteiger partial charge in [0.2, 0.25) is 5.91 Å². The van der Waals surface area contributed by atoms with Crippen molar-refractivity contribution in [2.75, 3.05) is 19.8 Å². The van der Waals surface area contributed by atoms with E-state index in [0.717, 1.165) is 5.56 Å². The molecule has 0 aromatic heterocycles. The molecule has 0 bridgehead atoms. The minimum absolute atomic E-state index is 0.0102. The fourth-order valence-corrected chi connectivity index (χ4v) is 3.56. The number of aliphatic hydroxyl groups is 1. The minimum atomic E-state index is -1.08. The average molecular weight is 495 g/mol. The average Bonchev–Trinajstić information content (AvgIpc) is 2.79. The first-order valence-electron chi connectivity index (χ1n) is 10.6. The highest BCUT2D eigenvalue weighted by atomic mass is 35.5. The van der Waals surface area contributed by atoms with Crippen molar-refractivity contribution in [3.63, 3.8) is 0 Å². The zero-order valence-corrected chi connectivity index (χ0v) is 19.4. The standard InChI is InChI=1S/C23H27ClN2O8/c1-16(12-17-7-9-20(10-8-17)33-15-23(29)30)25(22(28)6-3-11-34-26(31)32)14-21(27)18-4-2-5-19(24)13-18/h2,4-5,7-10,13,16,21,27H,3,6,11-12,14-15H2,1H3,(H,29,30)/t16-,21+/m1/s1. The molecule has 0 unspecified atom stereocenters. The molecule has 2 rings (SSSR count). The number of hydrogen-bond donors (Lipinski definition) is 2. The Hall–Kier alpha value is -3.37. The fourth-order valence-electron chi connectivity index (χ4n) is 3.36. The van der Waals surface area contributed by atoms with Crippen molar-refractivity contribution in [1.82, 2.24) is 4.90 Å². The first-order chi connectivity index (χ1) is 16.2. The van der Waals surface area contributed by atoms with Gasteiger partial charge in [-0.2, -0.15) is 0 Å². The van der Waals surface area contributed by atoms with Crippen molar-refractivity contribution in [2.24, 2.45) is 0 Å². The van der Waals surface area contributed by atoms with Crippen LogP contribution in [-0.2, 0) is 20.8 Å². The number of carboxylic acid groups (broad SMARTS) is 1. The minimum Gasteiger partial charge on any atom is -0.482 e. The summed E-state index contributed by atoms with van der Waals surface area (Å²) < 4.78 is 5.13. The van der Waals surface area contributed by atoms with Crippen LogP contribution >= 0.6 is 11.6 Å². The molecule has 0 aliphatic heterocycles. The Kier molecular flexibility index (Phi) is 10.6. The van der Waals surface area contributed by atoms with Crippen molar-refractivity contribution in [3.05, 3.63) is 74.8 Å². The second kappa shape index (κ2) is 13.4. The maximum atomic E-state index is 12.9. The third-order valence-corrected chi connectivity index (χ3v) is 5.24. The number of nitrogens with zero attached hydrogens (tertiary/aromatic N) is 2. The van der Waals surface area contributed by atoms with E-state index in [9.17, 15) is 24.8 Å². The van der Waals surface area contributed by atoms with Crippen LogP contribution in [0.1, 0.15) is 37.0 Å². The number of amides is 1. The Morgan fingerprint density at radius 3 is 2.53 bits per heavy atom. The van der Waals surface area contributed by atoms with Gasteiger partial charge in [0.15, 0.2) is 6.61 Å².